The van der Waals surface area contributed by atoms with Gasteiger partial charge in [0, 0.05) is 13.3 Å². The highest BCUT2D eigenvalue weighted by Gasteiger charge is 2.50. The van der Waals surface area contributed by atoms with Gasteiger partial charge in [-0.15, -0.1) is 0 Å². The van der Waals surface area contributed by atoms with Crippen molar-refractivity contribution in [1.29, 1.82) is 0 Å². The third kappa shape index (κ3) is 7.87. The zero-order chi connectivity index (χ0) is 39.5. The van der Waals surface area contributed by atoms with Crippen LogP contribution in [-0.4, -0.2) is 122 Å². The molecule has 298 valence electrons. The van der Waals surface area contributed by atoms with Crippen molar-refractivity contribution in [2.75, 3.05) is 32.2 Å². The predicted molar refractivity (Wildman–Crippen MR) is 177 cm³/mol. The molecule has 4 aromatic heterocycles. The van der Waals surface area contributed by atoms with Gasteiger partial charge in [-0.25, -0.2) is 28.0 Å². The van der Waals surface area contributed by atoms with E-state index in [-0.39, 0.29) is 34.1 Å². The Bertz CT molecular complexity index is 2310. The molecular formula is C25H37N9O17P3+. The van der Waals surface area contributed by atoms with Crippen molar-refractivity contribution in [1.82, 2.24) is 34.1 Å². The summed E-state index contributed by atoms with van der Waals surface area (Å²) in [5.41, 5.74) is 4.59. The van der Waals surface area contributed by atoms with E-state index in [1.54, 1.807) is 0 Å². The Morgan fingerprint density at radius 1 is 0.907 bits per heavy atom. The number of H-pyrrole nitrogens is 2. The first-order chi connectivity index (χ1) is 25.3. The van der Waals surface area contributed by atoms with Crippen LogP contribution in [-0.2, 0) is 52.6 Å². The third-order valence-corrected chi connectivity index (χ3v) is 13.7. The summed E-state index contributed by atoms with van der Waals surface area (Å²) in [6, 6.07) is 0. The largest absolute Gasteiger partial charge is 0.488 e. The van der Waals surface area contributed by atoms with Gasteiger partial charge in [0.1, 0.15) is 42.4 Å². The van der Waals surface area contributed by atoms with E-state index in [1.807, 2.05) is 0 Å². The molecule has 9 N–H and O–H groups in total. The lowest BCUT2D eigenvalue weighted by Crippen LogP contribution is -2.35. The van der Waals surface area contributed by atoms with Gasteiger partial charge in [0.2, 0.25) is 18.5 Å². The summed E-state index contributed by atoms with van der Waals surface area (Å²) >= 11 is 0. The average molecular weight is 829 g/mol. The van der Waals surface area contributed by atoms with Crippen LogP contribution < -0.4 is 21.4 Å². The predicted octanol–water partition coefficient (Wildman–Crippen LogP) is -2.05. The van der Waals surface area contributed by atoms with Gasteiger partial charge < -0.3 is 54.6 Å². The highest BCUT2D eigenvalue weighted by atomic mass is 31.3. The maximum Gasteiger partial charge on any atom is 0.488 e. The molecule has 2 saturated heterocycles. The van der Waals surface area contributed by atoms with Crippen LogP contribution in [0.25, 0.3) is 22.3 Å². The van der Waals surface area contributed by atoms with E-state index < -0.39 is 103 Å². The molecule has 5 unspecified atom stereocenters. The molecule has 54 heavy (non-hydrogen) atoms. The molecule has 6 heterocycles. The summed E-state index contributed by atoms with van der Waals surface area (Å²) in [5, 5.41) is 32.4. The zero-order valence-corrected chi connectivity index (χ0v) is 31.3. The maximum atomic E-state index is 13.4. The topological polar surface area (TPSA) is 361 Å². The van der Waals surface area contributed by atoms with Crippen LogP contribution in [0.15, 0.2) is 22.2 Å². The lowest BCUT2D eigenvalue weighted by atomic mass is 10.1. The molecule has 26 nitrogen and oxygen atoms in total. The summed E-state index contributed by atoms with van der Waals surface area (Å²) in [6.45, 7) is 1.08. The number of nitrogens with one attached hydrogen (secondary N) is 2. The van der Waals surface area contributed by atoms with Crippen molar-refractivity contribution >= 4 is 51.5 Å². The second-order valence-corrected chi connectivity index (χ2v) is 17.7. The fraction of sp³-hybridized carbons (Fsp3) is 0.600. The molecule has 6 rings (SSSR count). The first-order valence-electron chi connectivity index (χ1n) is 15.8. The van der Waals surface area contributed by atoms with Crippen molar-refractivity contribution in [2.45, 2.75) is 62.9 Å². The van der Waals surface area contributed by atoms with Crippen LogP contribution >= 0.6 is 23.2 Å². The number of aromatic amines is 2. The van der Waals surface area contributed by atoms with E-state index in [0.717, 1.165) is 0 Å². The number of hydrogen-bond donors (Lipinski definition) is 8. The summed E-state index contributed by atoms with van der Waals surface area (Å²) in [5.74, 6) is 0.00835. The molecule has 29 heteroatoms. The Labute approximate surface area is 302 Å². The van der Waals surface area contributed by atoms with E-state index in [1.165, 1.54) is 54.4 Å². The number of aryl methyl sites for hydroxylation is 2. The van der Waals surface area contributed by atoms with Gasteiger partial charge in [0.15, 0.2) is 17.4 Å². The number of aromatic nitrogens is 8. The van der Waals surface area contributed by atoms with Gasteiger partial charge >= 0.3 is 28.8 Å². The van der Waals surface area contributed by atoms with Crippen molar-refractivity contribution < 1.29 is 75.2 Å². The number of aliphatic hydroxyl groups excluding tert-OH is 3. The Morgan fingerprint density at radius 3 is 2.26 bits per heavy atom. The molecule has 0 saturated carbocycles. The molecular weight excluding hydrogens is 791 g/mol. The molecule has 0 aliphatic carbocycles. The van der Waals surface area contributed by atoms with Crippen molar-refractivity contribution in [3.05, 3.63) is 39.2 Å². The number of methoxy groups -OCH3 is 1. The van der Waals surface area contributed by atoms with Crippen molar-refractivity contribution in [2.24, 2.45) is 7.05 Å². The van der Waals surface area contributed by atoms with Crippen molar-refractivity contribution in [3.8, 4) is 0 Å². The molecule has 2 aliphatic heterocycles. The number of ether oxygens (including phenoxy) is 3. The number of hydrogen-bond acceptors (Lipinski definition) is 19. The van der Waals surface area contributed by atoms with Crippen molar-refractivity contribution in [3.63, 3.8) is 0 Å². The summed E-state index contributed by atoms with van der Waals surface area (Å²) < 4.78 is 78.7. The SMILES string of the molecule is CCP(=O)(OC[C@H]1O[C@@H](n2c[n+](C)c3c(=O)[nH]c(N)nc32)[C@@H](O)C1O)OP(=O)(O)OP(=O)(O)OC[C@H]1O[C@@H](n2cnc3c(=O)[nH]c(C)nc32)[C@@H](O)C1OC. The summed E-state index contributed by atoms with van der Waals surface area (Å²) in [4.78, 5) is 62.3. The molecule has 0 radical (unpaired) electrons. The lowest BCUT2D eigenvalue weighted by molar-refractivity contribution is -0.646. The minimum Gasteiger partial charge on any atom is -0.387 e. The molecule has 2 aliphatic rings. The van der Waals surface area contributed by atoms with Gasteiger partial charge in [-0.1, -0.05) is 6.92 Å². The number of phosphoric acid groups is 2. The number of nitrogens with zero attached hydrogens (tertiary/aromatic N) is 6. The maximum absolute atomic E-state index is 13.4. The molecule has 11 atom stereocenters. The minimum atomic E-state index is -5.73. The number of nitrogens with two attached hydrogens (primary N) is 1. The standard InChI is InChI=1S/C25H36N9O17P3/c1-5-52(40,46-6-11-15(35)16(36)23(48-11)34-9-32(3)14-20(34)30-25(26)31-22(14)39)50-54(43,44)51-53(41,42)47-7-12-18(45-4)17(37)24(49-12)33-8-27-13-19(33)28-10(2)29-21(13)38/h8-9,11-12,15-18,23-24,35-37H,5-7H2,1-4H3,(H5-,26,28,29,30,31,38,39,41,42,43,44)/p+1/t11-,12-,15?,16+,17+,18?,23-,24-,52?/m1/s1. The van der Waals surface area contributed by atoms with Crippen LogP contribution in [0.5, 0.6) is 0 Å². The summed E-state index contributed by atoms with van der Waals surface area (Å²) in [7, 11) is -13.2. The minimum absolute atomic E-state index is 0.00150. The van der Waals surface area contributed by atoms with E-state index in [9.17, 15) is 48.4 Å². The first-order valence-corrected chi connectivity index (χ1v) is 20.5. The fourth-order valence-corrected chi connectivity index (χ4v) is 10.4. The van der Waals surface area contributed by atoms with Crippen LogP contribution in [0.3, 0.4) is 0 Å². The van der Waals surface area contributed by atoms with Crippen LogP contribution in [0.1, 0.15) is 25.2 Å². The Balaban J connectivity index is 1.08. The molecule has 0 amide bonds. The second-order valence-electron chi connectivity index (χ2n) is 12.2. The van der Waals surface area contributed by atoms with E-state index in [0.29, 0.717) is 0 Å². The van der Waals surface area contributed by atoms with Gasteiger partial charge in [-0.3, -0.25) is 28.2 Å². The molecule has 0 spiro atoms. The van der Waals surface area contributed by atoms with Gasteiger partial charge in [-0.05, 0) is 6.92 Å². The number of aliphatic hydroxyl groups is 3. The van der Waals surface area contributed by atoms with Gasteiger partial charge in [-0.2, -0.15) is 13.9 Å². The monoisotopic (exact) mass is 828 g/mol. The van der Waals surface area contributed by atoms with E-state index in [4.69, 9.17) is 29.0 Å². The third-order valence-electron chi connectivity index (χ3n) is 8.47. The van der Waals surface area contributed by atoms with Crippen LogP contribution in [0.4, 0.5) is 5.95 Å². The first kappa shape index (κ1) is 40.4. The second kappa shape index (κ2) is 15.0. The Kier molecular flexibility index (Phi) is 11.2. The van der Waals surface area contributed by atoms with Gasteiger partial charge in [0.25, 0.3) is 16.7 Å². The highest BCUT2D eigenvalue weighted by molar-refractivity contribution is 7.68. The smallest absolute Gasteiger partial charge is 0.387 e. The number of fused-ring (bicyclic) bond motifs is 2. The summed E-state index contributed by atoms with van der Waals surface area (Å²) in [6.07, 6.45) is -9.42. The zero-order valence-electron chi connectivity index (χ0n) is 28.6. The molecule has 2 fully saturated rings. The Hall–Kier alpha value is -3.29. The Morgan fingerprint density at radius 2 is 1.57 bits per heavy atom. The number of rotatable bonds is 14. The number of nitrogen functional groups attached to an aromatic ring is 1. The van der Waals surface area contributed by atoms with Crippen LogP contribution in [0, 0.1) is 6.92 Å². The number of phosphoric ester groups is 1. The van der Waals surface area contributed by atoms with Gasteiger partial charge in [0.05, 0.1) is 26.6 Å². The number of imidazole rings is 2. The molecule has 0 bridgehead atoms. The normalized spacial score (nSPS) is 29.4. The number of anilines is 1. The molecule has 4 aromatic rings. The van der Waals surface area contributed by atoms with E-state index >= 15 is 0 Å². The quantitative estimate of drug-likeness (QED) is 0.0500. The average Bonchev–Trinajstić information content (AvgIpc) is 3.80. The fourth-order valence-electron chi connectivity index (χ4n) is 6.00. The highest BCUT2D eigenvalue weighted by Crippen LogP contribution is 2.69. The van der Waals surface area contributed by atoms with Crippen LogP contribution in [0.2, 0.25) is 0 Å². The molecule has 0 aromatic carbocycles. The lowest BCUT2D eigenvalue weighted by Gasteiger charge is -2.23. The van der Waals surface area contributed by atoms with E-state index in [2.05, 4.69) is 33.5 Å².